The predicted octanol–water partition coefficient (Wildman–Crippen LogP) is 1.65. The third kappa shape index (κ3) is 7.01. The van der Waals surface area contributed by atoms with Crippen LogP contribution in [-0.4, -0.2) is 35.9 Å². The maximum absolute atomic E-state index is 12.4. The van der Waals surface area contributed by atoms with E-state index in [9.17, 15) is 9.59 Å². The van der Waals surface area contributed by atoms with Crippen molar-refractivity contribution < 1.29 is 19.4 Å². The first-order valence-electron chi connectivity index (χ1n) is 9.22. The summed E-state index contributed by atoms with van der Waals surface area (Å²) in [4.78, 5) is 24.6. The van der Waals surface area contributed by atoms with Gasteiger partial charge in [0.1, 0.15) is 18.8 Å². The van der Waals surface area contributed by atoms with Gasteiger partial charge in [0.15, 0.2) is 0 Å². The Hall–Kier alpha value is -2.12. The van der Waals surface area contributed by atoms with Crippen molar-refractivity contribution in [3.05, 3.63) is 35.9 Å². The molecule has 26 heavy (non-hydrogen) atoms. The fourth-order valence-corrected chi connectivity index (χ4v) is 3.22. The van der Waals surface area contributed by atoms with Gasteiger partial charge in [0.25, 0.3) is 0 Å². The summed E-state index contributed by atoms with van der Waals surface area (Å²) in [5.74, 6) is -0.00643. The lowest BCUT2D eigenvalue weighted by Gasteiger charge is -2.27. The standard InChI is InChI=1S/C19H29N3O4/c20-17(12-23)22-18(24)16(11-14-7-3-1-4-8-14)21-19(25)26-13-15-9-5-2-6-10-15/h2,5-6,9-10,14,16-17,23H,1,3-4,7-8,11-13,20H2,(H,21,25)(H,22,24)/t16-,17+/m0/s1. The van der Waals surface area contributed by atoms with Crippen LogP contribution in [0.25, 0.3) is 0 Å². The molecule has 0 saturated heterocycles. The summed E-state index contributed by atoms with van der Waals surface area (Å²) in [5, 5.41) is 14.2. The number of aliphatic hydroxyl groups is 1. The Morgan fingerprint density at radius 2 is 1.85 bits per heavy atom. The van der Waals surface area contributed by atoms with Gasteiger partial charge < -0.3 is 26.2 Å². The molecule has 1 aromatic carbocycles. The van der Waals surface area contributed by atoms with E-state index in [4.69, 9.17) is 15.6 Å². The second kappa shape index (κ2) is 10.8. The molecule has 2 atom stereocenters. The molecule has 0 bridgehead atoms. The number of carbonyl (C=O) groups excluding carboxylic acids is 2. The van der Waals surface area contributed by atoms with Gasteiger partial charge in [0.2, 0.25) is 5.91 Å². The first kappa shape index (κ1) is 20.2. The Morgan fingerprint density at radius 3 is 2.50 bits per heavy atom. The lowest BCUT2D eigenvalue weighted by molar-refractivity contribution is -0.124. The fourth-order valence-electron chi connectivity index (χ4n) is 3.22. The highest BCUT2D eigenvalue weighted by Gasteiger charge is 2.27. The molecule has 7 nitrogen and oxygen atoms in total. The number of benzene rings is 1. The van der Waals surface area contributed by atoms with Crippen LogP contribution in [0, 0.1) is 5.92 Å². The van der Waals surface area contributed by atoms with Gasteiger partial charge in [-0.2, -0.15) is 0 Å². The summed E-state index contributed by atoms with van der Waals surface area (Å²) >= 11 is 0. The van der Waals surface area contributed by atoms with E-state index >= 15 is 0 Å². The van der Waals surface area contributed by atoms with Crippen LogP contribution in [0.5, 0.6) is 0 Å². The van der Waals surface area contributed by atoms with E-state index < -0.39 is 24.2 Å². The van der Waals surface area contributed by atoms with Crippen LogP contribution in [0.2, 0.25) is 0 Å². The molecule has 2 amide bonds. The van der Waals surface area contributed by atoms with Crippen LogP contribution in [0.3, 0.4) is 0 Å². The molecule has 0 radical (unpaired) electrons. The molecule has 7 heteroatoms. The Morgan fingerprint density at radius 1 is 1.15 bits per heavy atom. The molecule has 0 aromatic heterocycles. The van der Waals surface area contributed by atoms with E-state index in [0.29, 0.717) is 12.3 Å². The van der Waals surface area contributed by atoms with Crippen molar-refractivity contribution in [1.29, 1.82) is 0 Å². The van der Waals surface area contributed by atoms with Gasteiger partial charge in [0, 0.05) is 0 Å². The maximum Gasteiger partial charge on any atom is 0.408 e. The molecule has 0 aliphatic heterocycles. The largest absolute Gasteiger partial charge is 0.445 e. The van der Waals surface area contributed by atoms with Crippen LogP contribution >= 0.6 is 0 Å². The molecule has 0 unspecified atom stereocenters. The van der Waals surface area contributed by atoms with Gasteiger partial charge in [-0.15, -0.1) is 0 Å². The van der Waals surface area contributed by atoms with Gasteiger partial charge >= 0.3 is 6.09 Å². The van der Waals surface area contributed by atoms with Gasteiger partial charge in [-0.25, -0.2) is 4.79 Å². The summed E-state index contributed by atoms with van der Waals surface area (Å²) in [6, 6.07) is 8.62. The fraction of sp³-hybridized carbons (Fsp3) is 0.579. The van der Waals surface area contributed by atoms with E-state index in [1.807, 2.05) is 30.3 Å². The molecule has 2 rings (SSSR count). The van der Waals surface area contributed by atoms with Crippen molar-refractivity contribution in [1.82, 2.24) is 10.6 Å². The Balaban J connectivity index is 1.90. The van der Waals surface area contributed by atoms with Crippen molar-refractivity contribution in [3.8, 4) is 0 Å². The van der Waals surface area contributed by atoms with Crippen LogP contribution < -0.4 is 16.4 Å². The minimum atomic E-state index is -0.849. The van der Waals surface area contributed by atoms with Gasteiger partial charge in [-0.3, -0.25) is 4.79 Å². The second-order valence-electron chi connectivity index (χ2n) is 6.80. The lowest BCUT2D eigenvalue weighted by atomic mass is 9.84. The van der Waals surface area contributed by atoms with E-state index in [-0.39, 0.29) is 13.2 Å². The number of hydrogen-bond acceptors (Lipinski definition) is 5. The minimum Gasteiger partial charge on any atom is -0.445 e. The smallest absolute Gasteiger partial charge is 0.408 e. The molecule has 5 N–H and O–H groups in total. The quantitative estimate of drug-likeness (QED) is 0.525. The summed E-state index contributed by atoms with van der Waals surface area (Å²) in [6.45, 7) is -0.221. The Labute approximate surface area is 154 Å². The number of rotatable bonds is 8. The number of nitrogens with two attached hydrogens (primary N) is 1. The van der Waals surface area contributed by atoms with Crippen molar-refractivity contribution in [2.75, 3.05) is 6.61 Å². The summed E-state index contributed by atoms with van der Waals surface area (Å²) in [6.07, 6.45) is 4.68. The average Bonchev–Trinajstić information content (AvgIpc) is 2.67. The molecule has 1 aliphatic carbocycles. The maximum atomic E-state index is 12.4. The number of carbonyl (C=O) groups is 2. The SMILES string of the molecule is N[C@@H](CO)NC(=O)[C@H](CC1CCCCC1)NC(=O)OCc1ccccc1. The van der Waals surface area contributed by atoms with Crippen LogP contribution in [0.1, 0.15) is 44.1 Å². The summed E-state index contributed by atoms with van der Waals surface area (Å²) in [7, 11) is 0. The molecule has 1 saturated carbocycles. The number of aliphatic hydroxyl groups excluding tert-OH is 1. The van der Waals surface area contributed by atoms with Crippen LogP contribution in [-0.2, 0) is 16.1 Å². The molecule has 1 aromatic rings. The first-order chi connectivity index (χ1) is 12.6. The van der Waals surface area contributed by atoms with E-state index in [0.717, 1.165) is 31.2 Å². The van der Waals surface area contributed by atoms with Crippen molar-refractivity contribution in [2.24, 2.45) is 11.7 Å². The van der Waals surface area contributed by atoms with Gasteiger partial charge in [-0.1, -0.05) is 62.4 Å². The van der Waals surface area contributed by atoms with Gasteiger partial charge in [-0.05, 0) is 17.9 Å². The van der Waals surface area contributed by atoms with Gasteiger partial charge in [0.05, 0.1) is 6.61 Å². The third-order valence-corrected chi connectivity index (χ3v) is 4.64. The zero-order valence-electron chi connectivity index (χ0n) is 15.0. The number of alkyl carbamates (subject to hydrolysis) is 1. The number of ether oxygens (including phenoxy) is 1. The second-order valence-corrected chi connectivity index (χ2v) is 6.80. The van der Waals surface area contributed by atoms with Crippen molar-refractivity contribution in [3.63, 3.8) is 0 Å². The summed E-state index contributed by atoms with van der Waals surface area (Å²) < 4.78 is 5.22. The third-order valence-electron chi connectivity index (χ3n) is 4.64. The van der Waals surface area contributed by atoms with E-state index in [1.165, 1.54) is 6.42 Å². The minimum absolute atomic E-state index is 0.139. The van der Waals surface area contributed by atoms with Crippen molar-refractivity contribution in [2.45, 2.75) is 57.3 Å². The number of hydrogen-bond donors (Lipinski definition) is 4. The summed E-state index contributed by atoms with van der Waals surface area (Å²) in [5.41, 5.74) is 6.46. The molecular weight excluding hydrogens is 334 g/mol. The molecule has 1 aliphatic rings. The Bertz CT molecular complexity index is 561. The normalized spacial score (nSPS) is 17.2. The average molecular weight is 363 g/mol. The lowest BCUT2D eigenvalue weighted by Crippen LogP contribution is -2.53. The molecule has 1 fully saturated rings. The molecule has 0 heterocycles. The molecule has 144 valence electrons. The zero-order chi connectivity index (χ0) is 18.8. The first-order valence-corrected chi connectivity index (χ1v) is 9.22. The molecular formula is C19H29N3O4. The van der Waals surface area contributed by atoms with Crippen LogP contribution in [0.4, 0.5) is 4.79 Å². The highest BCUT2D eigenvalue weighted by molar-refractivity contribution is 5.85. The van der Waals surface area contributed by atoms with E-state index in [1.54, 1.807) is 0 Å². The van der Waals surface area contributed by atoms with Crippen LogP contribution in [0.15, 0.2) is 30.3 Å². The highest BCUT2D eigenvalue weighted by Crippen LogP contribution is 2.27. The van der Waals surface area contributed by atoms with Crippen molar-refractivity contribution >= 4 is 12.0 Å². The predicted molar refractivity (Wildman–Crippen MR) is 97.9 cm³/mol. The molecule has 0 spiro atoms. The highest BCUT2D eigenvalue weighted by atomic mass is 16.5. The number of amides is 2. The number of nitrogens with one attached hydrogen (secondary N) is 2. The monoisotopic (exact) mass is 363 g/mol. The zero-order valence-corrected chi connectivity index (χ0v) is 15.0. The van der Waals surface area contributed by atoms with E-state index in [2.05, 4.69) is 10.6 Å². The Kier molecular flexibility index (Phi) is 8.37. The topological polar surface area (TPSA) is 114 Å².